The van der Waals surface area contributed by atoms with Crippen LogP contribution in [-0.2, 0) is 22.4 Å². The van der Waals surface area contributed by atoms with Crippen LogP contribution in [0.25, 0.3) is 0 Å². The number of amides is 1. The minimum absolute atomic E-state index is 0.0536. The van der Waals surface area contributed by atoms with Crippen molar-refractivity contribution in [1.82, 2.24) is 25.5 Å². The highest BCUT2D eigenvalue weighted by atomic mass is 16.5. The number of aromatic nitrogens is 2. The van der Waals surface area contributed by atoms with Gasteiger partial charge in [0.25, 0.3) is 5.91 Å². The van der Waals surface area contributed by atoms with E-state index in [1.54, 1.807) is 6.07 Å². The van der Waals surface area contributed by atoms with Gasteiger partial charge >= 0.3 is 0 Å². The van der Waals surface area contributed by atoms with Gasteiger partial charge in [-0.15, -0.1) is 0 Å². The van der Waals surface area contributed by atoms with Gasteiger partial charge in [0.1, 0.15) is 30.0 Å². The van der Waals surface area contributed by atoms with Gasteiger partial charge in [0.05, 0.1) is 32.1 Å². The van der Waals surface area contributed by atoms with Crippen LogP contribution in [0.15, 0.2) is 18.2 Å². The number of nitrogens with zero attached hydrogens (tertiary/aromatic N) is 4. The van der Waals surface area contributed by atoms with Crippen molar-refractivity contribution in [2.45, 2.75) is 64.4 Å². The van der Waals surface area contributed by atoms with E-state index in [1.807, 2.05) is 18.0 Å². The molecule has 3 aliphatic heterocycles. The molecule has 3 aliphatic rings. The van der Waals surface area contributed by atoms with Crippen LogP contribution >= 0.6 is 0 Å². The number of carbonyl (C=O) groups is 1. The molecular weight excluding hydrogens is 538 g/mol. The summed E-state index contributed by atoms with van der Waals surface area (Å²) in [6.07, 6.45) is 1.16. The van der Waals surface area contributed by atoms with Crippen LogP contribution in [-0.4, -0.2) is 110 Å². The van der Waals surface area contributed by atoms with Crippen LogP contribution in [0.5, 0.6) is 5.75 Å². The van der Waals surface area contributed by atoms with E-state index in [0.717, 1.165) is 38.2 Å². The molecule has 0 bridgehead atoms. The number of hydrogen-bond acceptors (Lipinski definition) is 11. The fourth-order valence-corrected chi connectivity index (χ4v) is 5.54. The first kappa shape index (κ1) is 30.4. The summed E-state index contributed by atoms with van der Waals surface area (Å²) >= 11 is 0. The first-order valence-corrected chi connectivity index (χ1v) is 15.0. The van der Waals surface area contributed by atoms with Gasteiger partial charge in [-0.05, 0) is 49.4 Å². The Balaban J connectivity index is 1.13. The maximum Gasteiger partial charge on any atom is 0.270 e. The summed E-state index contributed by atoms with van der Waals surface area (Å²) in [7, 11) is 1.91. The van der Waals surface area contributed by atoms with Gasteiger partial charge in [-0.25, -0.2) is 4.98 Å². The molecule has 2 unspecified atom stereocenters. The maximum atomic E-state index is 13.1. The number of anilines is 2. The van der Waals surface area contributed by atoms with Gasteiger partial charge in [0, 0.05) is 51.9 Å². The molecule has 0 radical (unpaired) electrons. The number of aliphatic hydroxyl groups is 1. The lowest BCUT2D eigenvalue weighted by atomic mass is 9.94. The number of hydrogen-bond donors (Lipinski definition) is 4. The number of ether oxygens (including phenoxy) is 3. The molecule has 1 amide bonds. The zero-order chi connectivity index (χ0) is 29.6. The van der Waals surface area contributed by atoms with Gasteiger partial charge in [-0.2, -0.15) is 4.98 Å². The Labute approximate surface area is 248 Å². The topological polar surface area (TPSA) is 133 Å². The van der Waals surface area contributed by atoms with Gasteiger partial charge in [-0.3, -0.25) is 15.0 Å². The molecule has 2 aromatic rings. The van der Waals surface area contributed by atoms with Gasteiger partial charge in [-0.1, -0.05) is 13.0 Å². The molecule has 2 saturated heterocycles. The number of carbonyl (C=O) groups excluding carboxylic acids is 1. The van der Waals surface area contributed by atoms with Crippen molar-refractivity contribution in [3.63, 3.8) is 0 Å². The molecule has 12 nitrogen and oxygen atoms in total. The molecule has 0 spiro atoms. The standard InChI is InChI=1S/C30H45N7O5/c1-5-9-36(4)30-34-25(11-28(35-30)33-22-15-40-16-22)29(39)31-12-23(38)14-37-10-8-24-19(2)26(7-6-21(24)13-37)41-17-27-20(3)32-18-42-27/h6-7,11,20,22-23,27,32,38H,5,8-10,12-18H2,1-4H3,(H,31,39)(H,33,34,35)/t20?,23-,27?/m0/s1. The van der Waals surface area contributed by atoms with Gasteiger partial charge in [0.15, 0.2) is 0 Å². The lowest BCUT2D eigenvalue weighted by molar-refractivity contribution is 0.0209. The molecule has 12 heteroatoms. The Hall–Kier alpha value is -3.03. The van der Waals surface area contributed by atoms with Crippen molar-refractivity contribution in [1.29, 1.82) is 0 Å². The summed E-state index contributed by atoms with van der Waals surface area (Å²) in [5.41, 5.74) is 4.00. The third-order valence-electron chi connectivity index (χ3n) is 8.19. The van der Waals surface area contributed by atoms with E-state index in [-0.39, 0.29) is 36.3 Å². The second-order valence-electron chi connectivity index (χ2n) is 11.6. The van der Waals surface area contributed by atoms with E-state index in [1.165, 1.54) is 16.7 Å². The lowest BCUT2D eigenvalue weighted by Gasteiger charge is -2.32. The SMILES string of the molecule is CCCN(C)c1nc(NC2COC2)cc(C(=O)NC[C@H](O)CN2CCc3c(ccc(OCC4OCNC4C)c3C)C2)n1. The van der Waals surface area contributed by atoms with Crippen LogP contribution < -0.4 is 25.6 Å². The molecule has 4 heterocycles. The first-order valence-electron chi connectivity index (χ1n) is 15.0. The molecule has 1 aromatic heterocycles. The lowest BCUT2D eigenvalue weighted by Crippen LogP contribution is -2.42. The smallest absolute Gasteiger partial charge is 0.270 e. The van der Waals surface area contributed by atoms with Crippen LogP contribution in [0, 0.1) is 6.92 Å². The van der Waals surface area contributed by atoms with Crippen LogP contribution in [0.3, 0.4) is 0 Å². The minimum atomic E-state index is -0.713. The highest BCUT2D eigenvalue weighted by molar-refractivity contribution is 5.93. The summed E-state index contributed by atoms with van der Waals surface area (Å²) in [6.45, 7) is 11.6. The number of nitrogens with one attached hydrogen (secondary N) is 3. The number of aliphatic hydroxyl groups excluding tert-OH is 1. The second kappa shape index (κ2) is 14.0. The normalized spacial score (nSPS) is 21.4. The number of rotatable bonds is 13. The summed E-state index contributed by atoms with van der Waals surface area (Å²) in [5.74, 6) is 1.65. The maximum absolute atomic E-state index is 13.1. The average molecular weight is 584 g/mol. The van der Waals surface area contributed by atoms with E-state index in [4.69, 9.17) is 14.2 Å². The summed E-state index contributed by atoms with van der Waals surface area (Å²) in [5, 5.41) is 20.3. The van der Waals surface area contributed by atoms with Crippen molar-refractivity contribution >= 4 is 17.7 Å². The molecule has 0 aliphatic carbocycles. The molecule has 0 saturated carbocycles. The Bertz CT molecular complexity index is 1230. The van der Waals surface area contributed by atoms with Crippen LogP contribution in [0.2, 0.25) is 0 Å². The molecule has 1 aromatic carbocycles. The molecule has 42 heavy (non-hydrogen) atoms. The van der Waals surface area contributed by atoms with E-state index in [2.05, 4.69) is 57.7 Å². The van der Waals surface area contributed by atoms with Crippen molar-refractivity contribution in [3.8, 4) is 5.75 Å². The third-order valence-corrected chi connectivity index (χ3v) is 8.19. The molecule has 2 fully saturated rings. The summed E-state index contributed by atoms with van der Waals surface area (Å²) in [6, 6.07) is 6.27. The van der Waals surface area contributed by atoms with Crippen molar-refractivity contribution in [2.75, 3.05) is 70.0 Å². The Kier molecular flexibility index (Phi) is 10.1. The number of β-amino-alcohol motifs (C(OH)–C–C–N with tert-alkyl or cyclic N) is 1. The Morgan fingerprint density at radius 2 is 2.17 bits per heavy atom. The number of benzene rings is 1. The first-order chi connectivity index (χ1) is 20.3. The number of fused-ring (bicyclic) bond motifs is 1. The summed E-state index contributed by atoms with van der Waals surface area (Å²) in [4.78, 5) is 26.3. The Morgan fingerprint density at radius 1 is 1.33 bits per heavy atom. The molecule has 5 rings (SSSR count). The molecular formula is C30H45N7O5. The van der Waals surface area contributed by atoms with Gasteiger partial charge in [0.2, 0.25) is 5.95 Å². The highest BCUT2D eigenvalue weighted by Gasteiger charge is 2.26. The van der Waals surface area contributed by atoms with Crippen molar-refractivity contribution in [2.24, 2.45) is 0 Å². The average Bonchev–Trinajstić information content (AvgIpc) is 3.37. The van der Waals surface area contributed by atoms with E-state index < -0.39 is 6.10 Å². The third kappa shape index (κ3) is 7.48. The zero-order valence-corrected chi connectivity index (χ0v) is 25.2. The largest absolute Gasteiger partial charge is 0.491 e. The monoisotopic (exact) mass is 583 g/mol. The predicted octanol–water partition coefficient (Wildman–Crippen LogP) is 1.30. The van der Waals surface area contributed by atoms with Crippen LogP contribution in [0.4, 0.5) is 11.8 Å². The minimum Gasteiger partial charge on any atom is -0.491 e. The molecule has 230 valence electrons. The fourth-order valence-electron chi connectivity index (χ4n) is 5.54. The zero-order valence-electron chi connectivity index (χ0n) is 25.2. The van der Waals surface area contributed by atoms with Crippen LogP contribution in [0.1, 0.15) is 47.4 Å². The second-order valence-corrected chi connectivity index (χ2v) is 11.6. The molecule has 4 N–H and O–H groups in total. The molecule has 3 atom stereocenters. The Morgan fingerprint density at radius 3 is 2.88 bits per heavy atom. The highest BCUT2D eigenvalue weighted by Crippen LogP contribution is 2.30. The summed E-state index contributed by atoms with van der Waals surface area (Å²) < 4.78 is 17.1. The van der Waals surface area contributed by atoms with Gasteiger partial charge < -0.3 is 34.9 Å². The van der Waals surface area contributed by atoms with E-state index >= 15 is 0 Å². The van der Waals surface area contributed by atoms with Crippen molar-refractivity contribution in [3.05, 3.63) is 40.6 Å². The van der Waals surface area contributed by atoms with Crippen molar-refractivity contribution < 1.29 is 24.1 Å². The predicted molar refractivity (Wildman–Crippen MR) is 160 cm³/mol. The van der Waals surface area contributed by atoms with E-state index in [9.17, 15) is 9.90 Å². The fraction of sp³-hybridized carbons (Fsp3) is 0.633. The van der Waals surface area contributed by atoms with E-state index in [0.29, 0.717) is 44.9 Å². The quantitative estimate of drug-likeness (QED) is 0.272.